The summed E-state index contributed by atoms with van der Waals surface area (Å²) >= 11 is 6.20. The summed E-state index contributed by atoms with van der Waals surface area (Å²) in [5.74, 6) is -0.320. The van der Waals surface area contributed by atoms with Gasteiger partial charge < -0.3 is 4.42 Å². The molecule has 0 spiro atoms. The van der Waals surface area contributed by atoms with Crippen LogP contribution >= 0.6 is 11.6 Å². The van der Waals surface area contributed by atoms with Crippen molar-refractivity contribution in [2.45, 2.75) is 6.92 Å². The molecule has 3 aromatic rings. The molecule has 19 heavy (non-hydrogen) atoms. The first-order valence-corrected chi connectivity index (χ1v) is 6.12. The molecule has 0 bridgehead atoms. The molecule has 0 aliphatic carbocycles. The highest BCUT2D eigenvalue weighted by molar-refractivity contribution is 6.37. The van der Waals surface area contributed by atoms with E-state index in [4.69, 9.17) is 16.0 Å². The Morgan fingerprint density at radius 2 is 1.84 bits per heavy atom. The molecule has 1 aromatic heterocycles. The molecular weight excluding hydrogens is 264 g/mol. The Morgan fingerprint density at radius 3 is 2.53 bits per heavy atom. The summed E-state index contributed by atoms with van der Waals surface area (Å²) in [4.78, 5) is 23.1. The molecule has 0 saturated heterocycles. The van der Waals surface area contributed by atoms with Gasteiger partial charge in [-0.25, -0.2) is 4.79 Å². The van der Waals surface area contributed by atoms with Gasteiger partial charge in [0.25, 0.3) is 0 Å². The minimum atomic E-state index is -0.618. The fourth-order valence-electron chi connectivity index (χ4n) is 2.15. The van der Waals surface area contributed by atoms with Gasteiger partial charge in [-0.1, -0.05) is 35.9 Å². The molecule has 4 heteroatoms. The van der Waals surface area contributed by atoms with E-state index in [9.17, 15) is 9.59 Å². The summed E-state index contributed by atoms with van der Waals surface area (Å²) in [6.07, 6.45) is 0. The molecule has 0 saturated carbocycles. The second-order valence-electron chi connectivity index (χ2n) is 4.33. The quantitative estimate of drug-likeness (QED) is 0.384. The summed E-state index contributed by atoms with van der Waals surface area (Å²) in [5, 5.41) is 2.78. The van der Waals surface area contributed by atoms with Gasteiger partial charge in [0.2, 0.25) is 0 Å². The van der Waals surface area contributed by atoms with Crippen molar-refractivity contribution in [2.75, 3.05) is 0 Å². The summed E-state index contributed by atoms with van der Waals surface area (Å²) in [6, 6.07) is 10.6. The second-order valence-corrected chi connectivity index (χ2v) is 4.73. The number of fused-ring (bicyclic) bond motifs is 3. The molecule has 3 rings (SSSR count). The van der Waals surface area contributed by atoms with E-state index in [1.807, 2.05) is 24.3 Å². The van der Waals surface area contributed by atoms with E-state index >= 15 is 0 Å². The predicted octanol–water partition coefficient (Wildman–Crippen LogP) is 3.80. The number of rotatable bonds is 1. The van der Waals surface area contributed by atoms with Crippen molar-refractivity contribution in [3.05, 3.63) is 57.4 Å². The number of carbonyl (C=O) groups excluding carboxylic acids is 1. The lowest BCUT2D eigenvalue weighted by Gasteiger charge is -2.05. The van der Waals surface area contributed by atoms with Gasteiger partial charge in [0.15, 0.2) is 5.78 Å². The summed E-state index contributed by atoms with van der Waals surface area (Å²) < 4.78 is 5.29. The second kappa shape index (κ2) is 4.21. The van der Waals surface area contributed by atoms with Crippen molar-refractivity contribution in [3.63, 3.8) is 0 Å². The molecule has 1 heterocycles. The van der Waals surface area contributed by atoms with Crippen molar-refractivity contribution < 1.29 is 9.21 Å². The van der Waals surface area contributed by atoms with Crippen LogP contribution in [-0.2, 0) is 0 Å². The fourth-order valence-corrected chi connectivity index (χ4v) is 2.44. The molecule has 2 aromatic carbocycles. The first-order chi connectivity index (χ1) is 9.08. The van der Waals surface area contributed by atoms with Crippen LogP contribution in [0.1, 0.15) is 17.3 Å². The number of benzene rings is 2. The van der Waals surface area contributed by atoms with E-state index in [-0.39, 0.29) is 11.3 Å². The van der Waals surface area contributed by atoms with Crippen molar-refractivity contribution in [1.29, 1.82) is 0 Å². The van der Waals surface area contributed by atoms with Gasteiger partial charge in [0.1, 0.15) is 11.1 Å². The minimum Gasteiger partial charge on any atom is -0.422 e. The maximum atomic E-state index is 11.8. The number of hydrogen-bond donors (Lipinski definition) is 0. The first-order valence-electron chi connectivity index (χ1n) is 5.74. The van der Waals surface area contributed by atoms with Crippen molar-refractivity contribution >= 4 is 39.1 Å². The smallest absolute Gasteiger partial charge is 0.347 e. The van der Waals surface area contributed by atoms with E-state index in [0.717, 1.165) is 10.8 Å². The highest BCUT2D eigenvalue weighted by atomic mass is 35.5. The van der Waals surface area contributed by atoms with Crippen LogP contribution in [-0.4, -0.2) is 5.78 Å². The van der Waals surface area contributed by atoms with Crippen LogP contribution < -0.4 is 5.63 Å². The van der Waals surface area contributed by atoms with Crippen LogP contribution in [0.25, 0.3) is 21.7 Å². The molecule has 0 aliphatic rings. The van der Waals surface area contributed by atoms with Crippen molar-refractivity contribution in [1.82, 2.24) is 0 Å². The van der Waals surface area contributed by atoms with Crippen LogP contribution in [0.2, 0.25) is 5.02 Å². The summed E-state index contributed by atoms with van der Waals surface area (Å²) in [5.41, 5.74) is -0.124. The Hall–Kier alpha value is -2.13. The Labute approximate surface area is 113 Å². The Kier molecular flexibility index (Phi) is 2.64. The molecule has 0 amide bonds. The van der Waals surface area contributed by atoms with Crippen molar-refractivity contribution in [3.8, 4) is 0 Å². The van der Waals surface area contributed by atoms with Gasteiger partial charge in [-0.2, -0.15) is 0 Å². The van der Waals surface area contributed by atoms with E-state index < -0.39 is 5.63 Å². The highest BCUT2D eigenvalue weighted by Crippen LogP contribution is 2.31. The van der Waals surface area contributed by atoms with Gasteiger partial charge in [-0.15, -0.1) is 0 Å². The molecule has 94 valence electrons. The van der Waals surface area contributed by atoms with E-state index in [1.165, 1.54) is 13.0 Å². The maximum absolute atomic E-state index is 11.8. The SMILES string of the molecule is CC(=O)c1cc2cc(Cl)c3ccccc3c2oc1=O. The number of carbonyl (C=O) groups is 1. The third-order valence-electron chi connectivity index (χ3n) is 3.07. The summed E-state index contributed by atoms with van der Waals surface area (Å²) in [6.45, 7) is 1.33. The molecule has 0 radical (unpaired) electrons. The highest BCUT2D eigenvalue weighted by Gasteiger charge is 2.12. The number of ketones is 1. The standard InChI is InChI=1S/C15H9ClO3/c1-8(17)12-6-9-7-13(16)10-4-2-3-5-11(10)14(9)19-15(12)18/h2-7H,1H3. The van der Waals surface area contributed by atoms with E-state index in [2.05, 4.69) is 0 Å². The monoisotopic (exact) mass is 272 g/mol. The van der Waals surface area contributed by atoms with Crippen molar-refractivity contribution in [2.24, 2.45) is 0 Å². The van der Waals surface area contributed by atoms with Crippen LogP contribution in [0, 0.1) is 0 Å². The lowest BCUT2D eigenvalue weighted by atomic mass is 10.1. The topological polar surface area (TPSA) is 47.3 Å². The first kappa shape index (κ1) is 11.9. The van der Waals surface area contributed by atoms with Gasteiger partial charge in [-0.05, 0) is 19.1 Å². The average Bonchev–Trinajstić information content (AvgIpc) is 2.39. The lowest BCUT2D eigenvalue weighted by Crippen LogP contribution is -2.11. The number of halogens is 1. The molecule has 0 unspecified atom stereocenters. The van der Waals surface area contributed by atoms with E-state index in [1.54, 1.807) is 6.07 Å². The van der Waals surface area contributed by atoms with Gasteiger partial charge in [0, 0.05) is 21.2 Å². The number of hydrogen-bond acceptors (Lipinski definition) is 3. The molecule has 0 atom stereocenters. The number of Topliss-reactive ketones (excluding diaryl/α,β-unsaturated/α-hetero) is 1. The Morgan fingerprint density at radius 1 is 1.16 bits per heavy atom. The zero-order valence-electron chi connectivity index (χ0n) is 10.1. The third-order valence-corrected chi connectivity index (χ3v) is 3.38. The molecular formula is C15H9ClO3. The summed E-state index contributed by atoms with van der Waals surface area (Å²) in [7, 11) is 0. The van der Waals surface area contributed by atoms with Gasteiger partial charge in [-0.3, -0.25) is 4.79 Å². The fraction of sp³-hybridized carbons (Fsp3) is 0.0667. The minimum absolute atomic E-state index is 0.0406. The average molecular weight is 273 g/mol. The lowest BCUT2D eigenvalue weighted by molar-refractivity contribution is 0.101. The molecule has 0 aliphatic heterocycles. The van der Waals surface area contributed by atoms with Gasteiger partial charge >= 0.3 is 5.63 Å². The molecule has 3 nitrogen and oxygen atoms in total. The van der Waals surface area contributed by atoms with Gasteiger partial charge in [0.05, 0.1) is 0 Å². The maximum Gasteiger partial charge on any atom is 0.347 e. The molecule has 0 fully saturated rings. The van der Waals surface area contributed by atoms with Crippen LogP contribution in [0.15, 0.2) is 45.6 Å². The van der Waals surface area contributed by atoms with E-state index in [0.29, 0.717) is 16.0 Å². The normalized spacial score (nSPS) is 11.1. The predicted molar refractivity (Wildman–Crippen MR) is 75.0 cm³/mol. The zero-order valence-corrected chi connectivity index (χ0v) is 10.8. The van der Waals surface area contributed by atoms with Crippen LogP contribution in [0.4, 0.5) is 0 Å². The largest absolute Gasteiger partial charge is 0.422 e. The zero-order chi connectivity index (χ0) is 13.6. The molecule has 0 N–H and O–H groups in total. The Balaban J connectivity index is 2.54. The van der Waals surface area contributed by atoms with Crippen LogP contribution in [0.3, 0.4) is 0 Å². The third kappa shape index (κ3) is 1.83. The Bertz CT molecular complexity index is 878. The van der Waals surface area contributed by atoms with Crippen LogP contribution in [0.5, 0.6) is 0 Å².